The largest absolute Gasteiger partial charge is 0.459 e. The fraction of sp³-hybridized carbons (Fsp3) is 0.500. The number of nitrogens with zero attached hydrogens (tertiary/aromatic N) is 2. The molecule has 1 aromatic carbocycles. The summed E-state index contributed by atoms with van der Waals surface area (Å²) in [4.78, 5) is 13.8. The number of likely N-dealkylation sites (N-methyl/N-ethyl adjacent to an activating group) is 1. The van der Waals surface area contributed by atoms with Crippen molar-refractivity contribution in [1.29, 1.82) is 0 Å². The molecule has 0 unspecified atom stereocenters. The zero-order valence-corrected chi connectivity index (χ0v) is 14.1. The molecule has 0 saturated carbocycles. The molecule has 128 valence electrons. The Kier molecular flexibility index (Phi) is 6.65. The van der Waals surface area contributed by atoms with Crippen molar-refractivity contribution in [3.8, 4) is 0 Å². The van der Waals surface area contributed by atoms with Gasteiger partial charge in [0.2, 0.25) is 0 Å². The van der Waals surface area contributed by atoms with Crippen LogP contribution in [-0.2, 0) is 16.1 Å². The highest BCUT2D eigenvalue weighted by Gasteiger charge is 2.25. The van der Waals surface area contributed by atoms with E-state index in [4.69, 9.17) is 9.94 Å². The van der Waals surface area contributed by atoms with Crippen LogP contribution >= 0.6 is 0 Å². The van der Waals surface area contributed by atoms with E-state index in [9.17, 15) is 9.18 Å². The van der Waals surface area contributed by atoms with Crippen LogP contribution in [0.5, 0.6) is 0 Å². The van der Waals surface area contributed by atoms with Crippen LogP contribution < -0.4 is 5.59 Å². The van der Waals surface area contributed by atoms with Crippen molar-refractivity contribution in [2.24, 2.45) is 5.10 Å². The van der Waals surface area contributed by atoms with Gasteiger partial charge in [-0.2, -0.15) is 10.7 Å². The Bertz CT molecular complexity index is 570. The summed E-state index contributed by atoms with van der Waals surface area (Å²) in [5, 5.41) is 11.8. The van der Waals surface area contributed by atoms with Crippen LogP contribution in [0, 0.1) is 5.82 Å². The minimum atomic E-state index is -0.556. The van der Waals surface area contributed by atoms with Gasteiger partial charge in [-0.3, -0.25) is 14.9 Å². The van der Waals surface area contributed by atoms with Crippen LogP contribution in [0.2, 0.25) is 0 Å². The van der Waals surface area contributed by atoms with E-state index >= 15 is 0 Å². The van der Waals surface area contributed by atoms with Crippen LogP contribution in [0.4, 0.5) is 4.39 Å². The maximum atomic E-state index is 14.1. The van der Waals surface area contributed by atoms with Gasteiger partial charge in [0.15, 0.2) is 0 Å². The van der Waals surface area contributed by atoms with Gasteiger partial charge < -0.3 is 4.74 Å². The van der Waals surface area contributed by atoms with Crippen molar-refractivity contribution < 1.29 is 19.1 Å². The number of carbonyl (C=O) groups is 1. The van der Waals surface area contributed by atoms with Gasteiger partial charge in [-0.05, 0) is 46.4 Å². The third-order valence-corrected chi connectivity index (χ3v) is 3.18. The first kappa shape index (κ1) is 19.1. The highest BCUT2D eigenvalue weighted by molar-refractivity contribution is 5.79. The fourth-order valence-corrected chi connectivity index (χ4v) is 1.85. The van der Waals surface area contributed by atoms with Crippen molar-refractivity contribution >= 4 is 12.2 Å². The van der Waals surface area contributed by atoms with E-state index < -0.39 is 17.5 Å². The molecular weight excluding hydrogens is 301 g/mol. The lowest BCUT2D eigenvalue weighted by Crippen LogP contribution is -2.40. The third kappa shape index (κ3) is 6.33. The van der Waals surface area contributed by atoms with Crippen LogP contribution in [0.3, 0.4) is 0 Å². The smallest absolute Gasteiger partial charge is 0.323 e. The Hall–Kier alpha value is -1.99. The third-order valence-electron chi connectivity index (χ3n) is 3.18. The fourth-order valence-electron chi connectivity index (χ4n) is 1.85. The molecule has 0 fully saturated rings. The molecule has 7 heteroatoms. The molecule has 0 amide bonds. The lowest BCUT2D eigenvalue weighted by Gasteiger charge is -2.27. The summed E-state index contributed by atoms with van der Waals surface area (Å²) in [5.74, 6) is -0.756. The molecule has 0 spiro atoms. The van der Waals surface area contributed by atoms with Crippen LogP contribution in [0.15, 0.2) is 23.3 Å². The standard InChI is InChI=1S/C16H24FN3O3/c1-11(15(21)23-16(2,3)4)20(5)10-13-7-6-12(8-14(13)17)9-18-19-22/h6-9,11,19,22H,10H2,1-5H3/b18-9-/t11-/m0/s1. The first-order valence-electron chi connectivity index (χ1n) is 7.27. The number of benzene rings is 1. The van der Waals surface area contributed by atoms with Crippen molar-refractivity contribution in [3.63, 3.8) is 0 Å². The highest BCUT2D eigenvalue weighted by atomic mass is 19.1. The van der Waals surface area contributed by atoms with E-state index in [0.717, 1.165) is 0 Å². The summed E-state index contributed by atoms with van der Waals surface area (Å²) in [7, 11) is 1.74. The molecule has 0 bridgehead atoms. The minimum Gasteiger partial charge on any atom is -0.459 e. The SMILES string of the molecule is C[C@@H](C(=O)OC(C)(C)C)N(C)Cc1ccc(/C=N\NO)cc1F. The molecule has 1 aromatic rings. The highest BCUT2D eigenvalue weighted by Crippen LogP contribution is 2.15. The second-order valence-electron chi connectivity index (χ2n) is 6.33. The lowest BCUT2D eigenvalue weighted by atomic mass is 10.1. The number of hydrogen-bond acceptors (Lipinski definition) is 6. The molecule has 0 aromatic heterocycles. The average molecular weight is 325 g/mol. The molecule has 23 heavy (non-hydrogen) atoms. The van der Waals surface area contributed by atoms with Crippen molar-refractivity contribution in [2.45, 2.75) is 45.9 Å². The van der Waals surface area contributed by atoms with E-state index in [1.165, 1.54) is 12.3 Å². The number of esters is 1. The second-order valence-corrected chi connectivity index (χ2v) is 6.33. The Morgan fingerprint density at radius 3 is 2.70 bits per heavy atom. The molecule has 2 N–H and O–H groups in total. The first-order valence-corrected chi connectivity index (χ1v) is 7.27. The van der Waals surface area contributed by atoms with E-state index in [0.29, 0.717) is 11.1 Å². The molecule has 0 heterocycles. The maximum absolute atomic E-state index is 14.1. The first-order chi connectivity index (χ1) is 10.6. The summed E-state index contributed by atoms with van der Waals surface area (Å²) in [6, 6.07) is 4.10. The predicted molar refractivity (Wildman–Crippen MR) is 85.7 cm³/mol. The molecule has 1 atom stereocenters. The number of hydrogen-bond donors (Lipinski definition) is 2. The molecule has 0 aliphatic carbocycles. The Morgan fingerprint density at radius 1 is 1.52 bits per heavy atom. The topological polar surface area (TPSA) is 74.2 Å². The van der Waals surface area contributed by atoms with Crippen molar-refractivity contribution in [3.05, 3.63) is 35.1 Å². The number of halogens is 1. The number of rotatable bonds is 6. The second kappa shape index (κ2) is 8.03. The summed E-state index contributed by atoms with van der Waals surface area (Å²) in [6.45, 7) is 7.40. The van der Waals surface area contributed by atoms with E-state index in [1.54, 1.807) is 57.4 Å². The van der Waals surface area contributed by atoms with E-state index in [1.807, 2.05) is 0 Å². The summed E-state index contributed by atoms with van der Waals surface area (Å²) in [6.07, 6.45) is 1.29. The number of ether oxygens (including phenoxy) is 1. The quantitative estimate of drug-likeness (QED) is 0.477. The molecule has 6 nitrogen and oxygen atoms in total. The van der Waals surface area contributed by atoms with Gasteiger partial charge in [0, 0.05) is 12.1 Å². The Balaban J connectivity index is 2.75. The lowest BCUT2D eigenvalue weighted by molar-refractivity contribution is -0.160. The van der Waals surface area contributed by atoms with Gasteiger partial charge in [0.05, 0.1) is 6.21 Å². The summed E-state index contributed by atoms with van der Waals surface area (Å²) >= 11 is 0. The number of carbonyl (C=O) groups excluding carboxylic acids is 1. The zero-order valence-electron chi connectivity index (χ0n) is 14.1. The van der Waals surface area contributed by atoms with Crippen molar-refractivity contribution in [1.82, 2.24) is 10.5 Å². The van der Waals surface area contributed by atoms with Gasteiger partial charge in [-0.1, -0.05) is 12.1 Å². The van der Waals surface area contributed by atoms with Gasteiger partial charge in [0.1, 0.15) is 17.5 Å². The van der Waals surface area contributed by atoms with Gasteiger partial charge >= 0.3 is 5.97 Å². The minimum absolute atomic E-state index is 0.266. The molecule has 0 aliphatic rings. The number of nitrogens with one attached hydrogen (secondary N) is 1. The molecule has 0 radical (unpaired) electrons. The van der Waals surface area contributed by atoms with Crippen LogP contribution in [-0.4, -0.2) is 41.0 Å². The van der Waals surface area contributed by atoms with E-state index in [2.05, 4.69) is 5.10 Å². The molecule has 0 saturated heterocycles. The normalized spacial score (nSPS) is 13.4. The van der Waals surface area contributed by atoms with Crippen LogP contribution in [0.1, 0.15) is 38.8 Å². The van der Waals surface area contributed by atoms with Gasteiger partial charge in [-0.15, -0.1) is 0 Å². The van der Waals surface area contributed by atoms with Crippen molar-refractivity contribution in [2.75, 3.05) is 7.05 Å². The molecular formula is C16H24FN3O3. The summed E-state index contributed by atoms with van der Waals surface area (Å²) < 4.78 is 19.4. The average Bonchev–Trinajstić information content (AvgIpc) is 2.44. The predicted octanol–water partition coefficient (Wildman–Crippen LogP) is 2.30. The monoisotopic (exact) mass is 325 g/mol. The Morgan fingerprint density at radius 2 is 2.17 bits per heavy atom. The maximum Gasteiger partial charge on any atom is 0.323 e. The van der Waals surface area contributed by atoms with Gasteiger partial charge in [0.25, 0.3) is 0 Å². The van der Waals surface area contributed by atoms with Crippen LogP contribution in [0.25, 0.3) is 0 Å². The zero-order chi connectivity index (χ0) is 17.6. The molecule has 1 rings (SSSR count). The van der Waals surface area contributed by atoms with E-state index in [-0.39, 0.29) is 12.5 Å². The number of hydrazone groups is 1. The Labute approximate surface area is 135 Å². The molecule has 0 aliphatic heterocycles. The van der Waals surface area contributed by atoms with Gasteiger partial charge in [-0.25, -0.2) is 4.39 Å². The summed E-state index contributed by atoms with van der Waals surface area (Å²) in [5.41, 5.74) is 2.02.